The Labute approximate surface area is 118 Å². The van der Waals surface area contributed by atoms with Crippen molar-refractivity contribution in [3.8, 4) is 0 Å². The van der Waals surface area contributed by atoms with Crippen molar-refractivity contribution in [2.45, 2.75) is 4.90 Å². The molecule has 1 aliphatic rings. The first-order valence-electron chi connectivity index (χ1n) is 5.60. The number of nitrogen functional groups attached to an aromatic ring is 1. The largest absolute Gasteiger partial charge is 0.368 e. The molecular weight excluding hydrogens is 278 g/mol. The molecular formula is C12H9N5O2S. The standard InChI is InChI=1S/C12H9N5O2S/c1-7-16(8-2-4-9(5-3-8)17(18)19)11-10(20-7)6-14-12(13)15-11/h2-6H,1H2,(H2,13,14,15). The van der Waals surface area contributed by atoms with Gasteiger partial charge in [0, 0.05) is 24.0 Å². The number of nitrogens with zero attached hydrogens (tertiary/aromatic N) is 4. The molecule has 2 heterocycles. The molecule has 1 aromatic carbocycles. The van der Waals surface area contributed by atoms with E-state index in [4.69, 9.17) is 5.73 Å². The molecule has 1 aliphatic heterocycles. The molecule has 2 N–H and O–H groups in total. The monoisotopic (exact) mass is 287 g/mol. The van der Waals surface area contributed by atoms with Gasteiger partial charge in [0.2, 0.25) is 5.95 Å². The first-order valence-corrected chi connectivity index (χ1v) is 6.42. The van der Waals surface area contributed by atoms with Crippen molar-refractivity contribution < 1.29 is 4.92 Å². The van der Waals surface area contributed by atoms with Crippen LogP contribution in [0.15, 0.2) is 47.0 Å². The number of hydrogen-bond donors (Lipinski definition) is 1. The van der Waals surface area contributed by atoms with Gasteiger partial charge in [0.25, 0.3) is 5.69 Å². The average Bonchev–Trinajstić information content (AvgIpc) is 2.74. The Hall–Kier alpha value is -2.61. The summed E-state index contributed by atoms with van der Waals surface area (Å²) in [5.41, 5.74) is 6.38. The van der Waals surface area contributed by atoms with E-state index in [0.29, 0.717) is 5.82 Å². The highest BCUT2D eigenvalue weighted by molar-refractivity contribution is 8.03. The summed E-state index contributed by atoms with van der Waals surface area (Å²) in [5.74, 6) is 0.812. The van der Waals surface area contributed by atoms with Gasteiger partial charge in [0.1, 0.15) is 0 Å². The zero-order valence-corrected chi connectivity index (χ0v) is 11.0. The average molecular weight is 287 g/mol. The van der Waals surface area contributed by atoms with E-state index in [1.807, 2.05) is 0 Å². The van der Waals surface area contributed by atoms with Crippen LogP contribution in [0.3, 0.4) is 0 Å². The van der Waals surface area contributed by atoms with Crippen LogP contribution in [0.4, 0.5) is 23.1 Å². The van der Waals surface area contributed by atoms with Gasteiger partial charge >= 0.3 is 0 Å². The molecule has 7 nitrogen and oxygen atoms in total. The number of nitro benzene ring substituents is 1. The number of nitrogens with two attached hydrogens (primary N) is 1. The minimum Gasteiger partial charge on any atom is -0.368 e. The number of thioether (sulfide) groups is 1. The fourth-order valence-corrected chi connectivity index (χ4v) is 2.76. The number of nitro groups is 1. The Morgan fingerprint density at radius 2 is 2.05 bits per heavy atom. The Kier molecular flexibility index (Phi) is 2.79. The zero-order chi connectivity index (χ0) is 14.3. The van der Waals surface area contributed by atoms with Gasteiger partial charge in [-0.3, -0.25) is 15.0 Å². The first kappa shape index (κ1) is 12.4. The highest BCUT2D eigenvalue weighted by atomic mass is 32.2. The van der Waals surface area contributed by atoms with Gasteiger partial charge in [0.15, 0.2) is 5.82 Å². The summed E-state index contributed by atoms with van der Waals surface area (Å²) in [4.78, 5) is 21.0. The van der Waals surface area contributed by atoms with Crippen molar-refractivity contribution in [1.29, 1.82) is 0 Å². The smallest absolute Gasteiger partial charge is 0.269 e. The summed E-state index contributed by atoms with van der Waals surface area (Å²) >= 11 is 1.43. The van der Waals surface area contributed by atoms with E-state index >= 15 is 0 Å². The molecule has 0 unspecified atom stereocenters. The van der Waals surface area contributed by atoms with Crippen molar-refractivity contribution >= 4 is 34.9 Å². The topological polar surface area (TPSA) is 98.2 Å². The molecule has 100 valence electrons. The second-order valence-corrected chi connectivity index (χ2v) is 5.14. The summed E-state index contributed by atoms with van der Waals surface area (Å²) in [5, 5.41) is 11.4. The molecule has 0 saturated carbocycles. The van der Waals surface area contributed by atoms with Crippen LogP contribution in [0.2, 0.25) is 0 Å². The van der Waals surface area contributed by atoms with Crippen molar-refractivity contribution in [2.24, 2.45) is 0 Å². The number of fused-ring (bicyclic) bond motifs is 1. The Morgan fingerprint density at radius 1 is 1.35 bits per heavy atom. The van der Waals surface area contributed by atoms with E-state index in [2.05, 4.69) is 16.5 Å². The SMILES string of the molecule is C=C1Sc2cnc(N)nc2N1c1ccc([N+](=O)[O-])cc1. The van der Waals surface area contributed by atoms with Crippen LogP contribution in [-0.2, 0) is 0 Å². The van der Waals surface area contributed by atoms with Crippen LogP contribution >= 0.6 is 11.8 Å². The molecule has 0 radical (unpaired) electrons. The third-order valence-electron chi connectivity index (χ3n) is 2.76. The molecule has 2 aromatic rings. The predicted molar refractivity (Wildman–Crippen MR) is 76.7 cm³/mol. The number of non-ortho nitro benzene ring substituents is 1. The molecule has 0 saturated heterocycles. The van der Waals surface area contributed by atoms with Crippen molar-refractivity contribution in [3.05, 3.63) is 52.2 Å². The molecule has 1 aromatic heterocycles. The van der Waals surface area contributed by atoms with Gasteiger partial charge < -0.3 is 5.73 Å². The summed E-state index contributed by atoms with van der Waals surface area (Å²) in [7, 11) is 0. The molecule has 0 bridgehead atoms. The molecule has 0 amide bonds. The lowest BCUT2D eigenvalue weighted by Gasteiger charge is -2.18. The van der Waals surface area contributed by atoms with Crippen LogP contribution in [-0.4, -0.2) is 14.9 Å². The molecule has 0 atom stereocenters. The third-order valence-corrected chi connectivity index (χ3v) is 3.69. The normalized spacial score (nSPS) is 13.4. The first-order chi connectivity index (χ1) is 9.56. The molecule has 3 rings (SSSR count). The second kappa shape index (κ2) is 4.49. The molecule has 0 fully saturated rings. The Balaban J connectivity index is 2.04. The van der Waals surface area contributed by atoms with Crippen molar-refractivity contribution in [3.63, 3.8) is 0 Å². The highest BCUT2D eigenvalue weighted by Crippen LogP contribution is 2.47. The molecule has 0 aliphatic carbocycles. The minimum atomic E-state index is -0.439. The zero-order valence-electron chi connectivity index (χ0n) is 10.2. The summed E-state index contributed by atoms with van der Waals surface area (Å²) in [6, 6.07) is 6.18. The maximum Gasteiger partial charge on any atom is 0.269 e. The number of hydrogen-bond acceptors (Lipinski definition) is 7. The highest BCUT2D eigenvalue weighted by Gasteiger charge is 2.27. The quantitative estimate of drug-likeness (QED) is 0.669. The summed E-state index contributed by atoms with van der Waals surface area (Å²) < 4.78 is 0. The van der Waals surface area contributed by atoms with Crippen LogP contribution in [0, 0.1) is 10.1 Å². The summed E-state index contributed by atoms with van der Waals surface area (Å²) in [6.07, 6.45) is 1.64. The number of aromatic nitrogens is 2. The van der Waals surface area contributed by atoms with E-state index in [1.165, 1.54) is 23.9 Å². The van der Waals surface area contributed by atoms with Crippen LogP contribution < -0.4 is 10.6 Å². The van der Waals surface area contributed by atoms with Crippen molar-refractivity contribution in [1.82, 2.24) is 9.97 Å². The minimum absolute atomic E-state index is 0.0358. The van der Waals surface area contributed by atoms with E-state index in [9.17, 15) is 10.1 Å². The Morgan fingerprint density at radius 3 is 2.70 bits per heavy atom. The van der Waals surface area contributed by atoms with E-state index in [-0.39, 0.29) is 11.6 Å². The maximum atomic E-state index is 10.7. The predicted octanol–water partition coefficient (Wildman–Crippen LogP) is 2.68. The molecule has 8 heteroatoms. The Bertz CT molecular complexity index is 716. The van der Waals surface area contributed by atoms with Gasteiger partial charge in [-0.2, -0.15) is 4.98 Å². The van der Waals surface area contributed by atoms with E-state index in [0.717, 1.165) is 15.6 Å². The maximum absolute atomic E-state index is 10.7. The van der Waals surface area contributed by atoms with E-state index < -0.39 is 4.92 Å². The van der Waals surface area contributed by atoms with Crippen LogP contribution in [0.25, 0.3) is 0 Å². The van der Waals surface area contributed by atoms with Crippen LogP contribution in [0.5, 0.6) is 0 Å². The summed E-state index contributed by atoms with van der Waals surface area (Å²) in [6.45, 7) is 3.96. The number of anilines is 3. The van der Waals surface area contributed by atoms with Crippen LogP contribution in [0.1, 0.15) is 0 Å². The van der Waals surface area contributed by atoms with Gasteiger partial charge in [-0.25, -0.2) is 4.98 Å². The van der Waals surface area contributed by atoms with Crippen molar-refractivity contribution in [2.75, 3.05) is 10.6 Å². The lowest BCUT2D eigenvalue weighted by Crippen LogP contribution is -2.11. The lowest BCUT2D eigenvalue weighted by atomic mass is 10.2. The van der Waals surface area contributed by atoms with E-state index in [1.54, 1.807) is 23.2 Å². The van der Waals surface area contributed by atoms with Gasteiger partial charge in [0.05, 0.1) is 14.8 Å². The van der Waals surface area contributed by atoms with Gasteiger partial charge in [-0.1, -0.05) is 18.3 Å². The van der Waals surface area contributed by atoms with Gasteiger partial charge in [-0.05, 0) is 12.1 Å². The second-order valence-electron chi connectivity index (χ2n) is 4.02. The molecule has 20 heavy (non-hydrogen) atoms. The fourth-order valence-electron chi connectivity index (χ4n) is 1.89. The molecule has 0 spiro atoms. The third kappa shape index (κ3) is 1.95. The lowest BCUT2D eigenvalue weighted by molar-refractivity contribution is -0.384. The fraction of sp³-hybridized carbons (Fsp3) is 0. The number of benzene rings is 1. The van der Waals surface area contributed by atoms with Gasteiger partial charge in [-0.15, -0.1) is 0 Å². The number of rotatable bonds is 2.